The highest BCUT2D eigenvalue weighted by Crippen LogP contribution is 2.28. The Kier molecular flexibility index (Phi) is 6.06. The molecule has 2 aromatic carbocycles. The molecule has 0 radical (unpaired) electrons. The number of aryl methyl sites for hydroxylation is 1. The summed E-state index contributed by atoms with van der Waals surface area (Å²) < 4.78 is 36.1. The molecule has 1 fully saturated rings. The second kappa shape index (κ2) is 8.29. The summed E-state index contributed by atoms with van der Waals surface area (Å²) >= 11 is 5.98. The Labute approximate surface area is 159 Å². The van der Waals surface area contributed by atoms with Gasteiger partial charge in [-0.3, -0.25) is 0 Å². The van der Waals surface area contributed by atoms with Crippen LogP contribution >= 0.6 is 11.6 Å². The van der Waals surface area contributed by atoms with Gasteiger partial charge in [-0.15, -0.1) is 0 Å². The topological polar surface area (TPSA) is 64.6 Å². The minimum Gasteiger partial charge on any atom is -0.493 e. The number of hydrogen-bond acceptors (Lipinski definition) is 5. The van der Waals surface area contributed by atoms with Gasteiger partial charge >= 0.3 is 10.1 Å². The first-order valence-corrected chi connectivity index (χ1v) is 10.4. The van der Waals surface area contributed by atoms with E-state index in [4.69, 9.17) is 20.5 Å². The summed E-state index contributed by atoms with van der Waals surface area (Å²) in [5.41, 5.74) is 0.855. The van der Waals surface area contributed by atoms with E-state index in [0.717, 1.165) is 31.5 Å². The summed E-state index contributed by atoms with van der Waals surface area (Å²) in [6, 6.07) is 11.3. The fourth-order valence-electron chi connectivity index (χ4n) is 2.94. The zero-order valence-corrected chi connectivity index (χ0v) is 16.1. The van der Waals surface area contributed by atoms with E-state index in [0.29, 0.717) is 18.3 Å². The molecule has 0 saturated carbocycles. The Bertz CT molecular complexity index is 864. The fraction of sp³-hybridized carbons (Fsp3) is 0.368. The molecule has 1 heterocycles. The van der Waals surface area contributed by atoms with Crippen molar-refractivity contribution in [3.63, 3.8) is 0 Å². The summed E-state index contributed by atoms with van der Waals surface area (Å²) in [5.74, 6) is 1.27. The van der Waals surface area contributed by atoms with Crippen LogP contribution in [0.15, 0.2) is 47.4 Å². The lowest BCUT2D eigenvalue weighted by atomic mass is 10.0. The molecule has 5 nitrogen and oxygen atoms in total. The second-order valence-corrected chi connectivity index (χ2v) is 8.39. The van der Waals surface area contributed by atoms with Crippen LogP contribution in [0.2, 0.25) is 5.02 Å². The van der Waals surface area contributed by atoms with Crippen LogP contribution in [-0.2, 0) is 10.1 Å². The maximum Gasteiger partial charge on any atom is 0.340 e. The molecule has 1 unspecified atom stereocenters. The van der Waals surface area contributed by atoms with E-state index < -0.39 is 10.1 Å². The zero-order chi connectivity index (χ0) is 18.6. The van der Waals surface area contributed by atoms with Crippen molar-refractivity contribution in [1.82, 2.24) is 5.32 Å². The summed E-state index contributed by atoms with van der Waals surface area (Å²) in [7, 11) is -4.01. The summed E-state index contributed by atoms with van der Waals surface area (Å²) in [4.78, 5) is -0.0566. The number of piperidine rings is 1. The Morgan fingerprint density at radius 3 is 2.69 bits per heavy atom. The maximum absolute atomic E-state index is 12.5. The molecule has 1 atom stereocenters. The first-order chi connectivity index (χ1) is 12.4. The quantitative estimate of drug-likeness (QED) is 0.754. The highest BCUT2D eigenvalue weighted by molar-refractivity contribution is 7.87. The molecule has 26 heavy (non-hydrogen) atoms. The van der Waals surface area contributed by atoms with Crippen LogP contribution in [0, 0.1) is 12.8 Å². The fourth-order valence-corrected chi connectivity index (χ4v) is 4.36. The van der Waals surface area contributed by atoms with Crippen LogP contribution in [0.1, 0.15) is 18.4 Å². The van der Waals surface area contributed by atoms with Crippen molar-refractivity contribution in [2.24, 2.45) is 5.92 Å². The molecule has 1 N–H and O–H groups in total. The van der Waals surface area contributed by atoms with Crippen LogP contribution in [0.3, 0.4) is 0 Å². The van der Waals surface area contributed by atoms with Gasteiger partial charge in [0.1, 0.15) is 16.4 Å². The molecule has 0 amide bonds. The molecule has 1 aliphatic rings. The van der Waals surface area contributed by atoms with Crippen LogP contribution < -0.4 is 14.2 Å². The lowest BCUT2D eigenvalue weighted by molar-refractivity contribution is 0.218. The van der Waals surface area contributed by atoms with Gasteiger partial charge in [0.15, 0.2) is 0 Å². The van der Waals surface area contributed by atoms with E-state index in [1.54, 1.807) is 24.3 Å². The monoisotopic (exact) mass is 395 g/mol. The molecule has 1 saturated heterocycles. The lowest BCUT2D eigenvalue weighted by Crippen LogP contribution is -2.33. The molecular formula is C19H22ClNO4S. The Morgan fingerprint density at radius 2 is 1.96 bits per heavy atom. The maximum atomic E-state index is 12.5. The molecule has 0 aliphatic carbocycles. The van der Waals surface area contributed by atoms with E-state index in [2.05, 4.69) is 5.32 Å². The van der Waals surface area contributed by atoms with Crippen molar-refractivity contribution < 1.29 is 17.3 Å². The van der Waals surface area contributed by atoms with Crippen molar-refractivity contribution in [2.45, 2.75) is 24.7 Å². The third kappa shape index (κ3) is 4.90. The number of rotatable bonds is 6. The number of benzene rings is 2. The van der Waals surface area contributed by atoms with Crippen LogP contribution in [0.25, 0.3) is 0 Å². The minimum absolute atomic E-state index is 0.0566. The standard InChI is InChI=1S/C19H22ClNO4S/c1-14-9-16(24-13-15-5-4-8-21-12-15)11-17(10-14)25-26(22,23)19-7-3-2-6-18(19)20/h2-3,6-7,9-11,15,21H,4-5,8,12-13H2,1H3. The molecule has 2 aromatic rings. The third-order valence-corrected chi connectivity index (χ3v) is 5.97. The van der Waals surface area contributed by atoms with Crippen molar-refractivity contribution in [1.29, 1.82) is 0 Å². The van der Waals surface area contributed by atoms with Gasteiger partial charge in [0, 0.05) is 18.5 Å². The van der Waals surface area contributed by atoms with Crippen molar-refractivity contribution in [3.8, 4) is 11.5 Å². The van der Waals surface area contributed by atoms with E-state index in [1.807, 2.05) is 13.0 Å². The molecule has 0 aromatic heterocycles. The highest BCUT2D eigenvalue weighted by Gasteiger charge is 2.20. The highest BCUT2D eigenvalue weighted by atomic mass is 35.5. The van der Waals surface area contributed by atoms with Crippen LogP contribution in [-0.4, -0.2) is 28.1 Å². The Morgan fingerprint density at radius 1 is 1.19 bits per heavy atom. The largest absolute Gasteiger partial charge is 0.493 e. The number of ether oxygens (including phenoxy) is 1. The molecule has 1 aliphatic heterocycles. The smallest absolute Gasteiger partial charge is 0.340 e. The van der Waals surface area contributed by atoms with E-state index in [-0.39, 0.29) is 15.7 Å². The van der Waals surface area contributed by atoms with Gasteiger partial charge in [0.2, 0.25) is 0 Å². The second-order valence-electron chi connectivity index (χ2n) is 6.47. The summed E-state index contributed by atoms with van der Waals surface area (Å²) in [5, 5.41) is 3.48. The van der Waals surface area contributed by atoms with Gasteiger partial charge in [-0.05, 0) is 56.1 Å². The summed E-state index contributed by atoms with van der Waals surface area (Å²) in [6.45, 7) is 4.45. The first-order valence-electron chi connectivity index (χ1n) is 8.58. The lowest BCUT2D eigenvalue weighted by Gasteiger charge is -2.23. The van der Waals surface area contributed by atoms with Gasteiger partial charge < -0.3 is 14.2 Å². The number of hydrogen-bond donors (Lipinski definition) is 1. The molecule has 0 spiro atoms. The minimum atomic E-state index is -4.01. The molecule has 0 bridgehead atoms. The predicted molar refractivity (Wildman–Crippen MR) is 102 cm³/mol. The first kappa shape index (κ1) is 19.0. The van der Waals surface area contributed by atoms with E-state index in [9.17, 15) is 8.42 Å². The molecule has 140 valence electrons. The predicted octanol–water partition coefficient (Wildman–Crippen LogP) is 3.79. The molecular weight excluding hydrogens is 374 g/mol. The third-order valence-electron chi connectivity index (χ3n) is 4.22. The Hall–Kier alpha value is -1.76. The van der Waals surface area contributed by atoms with Crippen LogP contribution in [0.5, 0.6) is 11.5 Å². The van der Waals surface area contributed by atoms with E-state index >= 15 is 0 Å². The van der Waals surface area contributed by atoms with Crippen molar-refractivity contribution in [2.75, 3.05) is 19.7 Å². The van der Waals surface area contributed by atoms with Gasteiger partial charge in [-0.1, -0.05) is 23.7 Å². The average Bonchev–Trinajstić information content (AvgIpc) is 2.60. The van der Waals surface area contributed by atoms with Crippen molar-refractivity contribution in [3.05, 3.63) is 53.1 Å². The van der Waals surface area contributed by atoms with Gasteiger partial charge in [0.25, 0.3) is 0 Å². The Balaban J connectivity index is 1.74. The van der Waals surface area contributed by atoms with Crippen molar-refractivity contribution >= 4 is 21.7 Å². The number of nitrogens with one attached hydrogen (secondary N) is 1. The number of halogens is 1. The van der Waals surface area contributed by atoms with E-state index in [1.165, 1.54) is 12.1 Å². The average molecular weight is 396 g/mol. The summed E-state index contributed by atoms with van der Waals surface area (Å²) in [6.07, 6.45) is 2.27. The SMILES string of the molecule is Cc1cc(OCC2CCCNC2)cc(OS(=O)(=O)c2ccccc2Cl)c1. The van der Waals surface area contributed by atoms with Gasteiger partial charge in [0.05, 0.1) is 11.6 Å². The van der Waals surface area contributed by atoms with Crippen LogP contribution in [0.4, 0.5) is 0 Å². The normalized spacial score (nSPS) is 17.7. The van der Waals surface area contributed by atoms with Gasteiger partial charge in [-0.25, -0.2) is 0 Å². The molecule has 7 heteroatoms. The van der Waals surface area contributed by atoms with Gasteiger partial charge in [-0.2, -0.15) is 8.42 Å². The zero-order valence-electron chi connectivity index (χ0n) is 14.6. The molecule has 3 rings (SSSR count).